The van der Waals surface area contributed by atoms with Crippen LogP contribution in [0.1, 0.15) is 38.4 Å². The molecule has 0 aromatic carbocycles. The number of hydrogen-bond donors (Lipinski definition) is 1. The third kappa shape index (κ3) is 3.78. The van der Waals surface area contributed by atoms with Crippen LogP contribution < -0.4 is 5.73 Å². The van der Waals surface area contributed by atoms with Crippen LogP contribution in [-0.2, 0) is 12.8 Å². The van der Waals surface area contributed by atoms with E-state index in [2.05, 4.69) is 22.0 Å². The van der Waals surface area contributed by atoms with Crippen LogP contribution >= 0.6 is 0 Å². The second kappa shape index (κ2) is 6.29. The lowest BCUT2D eigenvalue weighted by Gasteiger charge is -2.30. The van der Waals surface area contributed by atoms with E-state index in [9.17, 15) is 0 Å². The van der Waals surface area contributed by atoms with Gasteiger partial charge in [-0.25, -0.2) is 0 Å². The van der Waals surface area contributed by atoms with Crippen LogP contribution in [-0.4, -0.2) is 40.7 Å². The monoisotopic (exact) mass is 252 g/mol. The fourth-order valence-corrected chi connectivity index (χ4v) is 2.50. The minimum atomic E-state index is 0.0863. The van der Waals surface area contributed by atoms with Gasteiger partial charge < -0.3 is 15.2 Å². The van der Waals surface area contributed by atoms with E-state index < -0.39 is 0 Å². The van der Waals surface area contributed by atoms with E-state index in [-0.39, 0.29) is 6.04 Å². The minimum Gasteiger partial charge on any atom is -0.339 e. The van der Waals surface area contributed by atoms with Gasteiger partial charge in [0.1, 0.15) is 0 Å². The molecule has 2 N–H and O–H groups in total. The van der Waals surface area contributed by atoms with Crippen LogP contribution in [0, 0.1) is 5.92 Å². The van der Waals surface area contributed by atoms with Crippen molar-refractivity contribution in [3.63, 3.8) is 0 Å². The molecule has 5 heteroatoms. The molecule has 2 rings (SSSR count). The summed E-state index contributed by atoms with van der Waals surface area (Å²) in [6.45, 7) is 7.73. The van der Waals surface area contributed by atoms with Crippen molar-refractivity contribution in [3.05, 3.63) is 11.7 Å². The number of hydrogen-bond acceptors (Lipinski definition) is 5. The fraction of sp³-hybridized carbons (Fsp3) is 0.846. The average Bonchev–Trinajstić information content (AvgIpc) is 2.76. The molecule has 0 spiro atoms. The second-order valence-corrected chi connectivity index (χ2v) is 5.37. The van der Waals surface area contributed by atoms with Crippen LogP contribution in [0.4, 0.5) is 0 Å². The molecule has 0 aliphatic carbocycles. The maximum Gasteiger partial charge on any atom is 0.226 e. The number of aromatic nitrogens is 2. The molecule has 102 valence electrons. The molecule has 1 atom stereocenters. The Labute approximate surface area is 109 Å². The van der Waals surface area contributed by atoms with Gasteiger partial charge in [-0.3, -0.25) is 0 Å². The van der Waals surface area contributed by atoms with Gasteiger partial charge in [-0.05, 0) is 45.3 Å². The number of likely N-dealkylation sites (tertiary alicyclic amines) is 1. The Kier molecular flexibility index (Phi) is 4.72. The summed E-state index contributed by atoms with van der Waals surface area (Å²) < 4.78 is 5.29. The molecule has 1 aromatic heterocycles. The van der Waals surface area contributed by atoms with Crippen LogP contribution in [0.2, 0.25) is 0 Å². The minimum absolute atomic E-state index is 0.0863. The van der Waals surface area contributed by atoms with Crippen molar-refractivity contribution in [1.29, 1.82) is 0 Å². The van der Waals surface area contributed by atoms with Crippen molar-refractivity contribution >= 4 is 0 Å². The lowest BCUT2D eigenvalue weighted by atomic mass is 9.93. The van der Waals surface area contributed by atoms with Crippen molar-refractivity contribution in [1.82, 2.24) is 15.0 Å². The predicted octanol–water partition coefficient (Wildman–Crippen LogP) is 1.23. The number of nitrogens with two attached hydrogens (primary N) is 1. The van der Waals surface area contributed by atoms with E-state index >= 15 is 0 Å². The summed E-state index contributed by atoms with van der Waals surface area (Å²) in [5, 5.41) is 3.98. The van der Waals surface area contributed by atoms with Crippen molar-refractivity contribution in [2.75, 3.05) is 19.6 Å². The van der Waals surface area contributed by atoms with Crippen LogP contribution in [0.3, 0.4) is 0 Å². The van der Waals surface area contributed by atoms with Gasteiger partial charge in [0.15, 0.2) is 5.82 Å². The molecule has 1 saturated heterocycles. The molecule has 1 fully saturated rings. The Bertz CT molecular complexity index is 356. The fourth-order valence-electron chi connectivity index (χ4n) is 2.50. The first kappa shape index (κ1) is 13.5. The Balaban J connectivity index is 1.81. The van der Waals surface area contributed by atoms with Crippen LogP contribution in [0.15, 0.2) is 4.52 Å². The first-order valence-corrected chi connectivity index (χ1v) is 6.96. The Morgan fingerprint density at radius 3 is 2.78 bits per heavy atom. The molecule has 1 unspecified atom stereocenters. The van der Waals surface area contributed by atoms with Gasteiger partial charge in [0.25, 0.3) is 0 Å². The molecule has 18 heavy (non-hydrogen) atoms. The first-order valence-electron chi connectivity index (χ1n) is 6.96. The number of nitrogens with zero attached hydrogens (tertiary/aromatic N) is 3. The van der Waals surface area contributed by atoms with Crippen molar-refractivity contribution in [2.45, 2.75) is 45.6 Å². The molecule has 5 nitrogen and oxygen atoms in total. The first-order chi connectivity index (χ1) is 8.67. The highest BCUT2D eigenvalue weighted by atomic mass is 16.5. The highest BCUT2D eigenvalue weighted by Gasteiger charge is 2.20. The van der Waals surface area contributed by atoms with Crippen molar-refractivity contribution in [3.8, 4) is 0 Å². The lowest BCUT2D eigenvalue weighted by molar-refractivity contribution is 0.185. The molecule has 0 amide bonds. The van der Waals surface area contributed by atoms with Crippen LogP contribution in [0.5, 0.6) is 0 Å². The van der Waals surface area contributed by atoms with E-state index in [0.29, 0.717) is 12.3 Å². The van der Waals surface area contributed by atoms with E-state index in [1.807, 2.05) is 6.92 Å². The Morgan fingerprint density at radius 1 is 1.44 bits per heavy atom. The molecule has 0 saturated carbocycles. The van der Waals surface area contributed by atoms with Gasteiger partial charge in [-0.1, -0.05) is 12.1 Å². The molecular weight excluding hydrogens is 228 g/mol. The molecule has 1 aliphatic rings. The number of rotatable bonds is 5. The van der Waals surface area contributed by atoms with E-state index in [0.717, 1.165) is 24.7 Å². The molecule has 2 heterocycles. The van der Waals surface area contributed by atoms with Gasteiger partial charge in [-0.15, -0.1) is 0 Å². The largest absolute Gasteiger partial charge is 0.339 e. The lowest BCUT2D eigenvalue weighted by Crippen LogP contribution is -2.34. The Morgan fingerprint density at radius 2 is 2.17 bits per heavy atom. The summed E-state index contributed by atoms with van der Waals surface area (Å²) in [5.41, 5.74) is 5.72. The highest BCUT2D eigenvalue weighted by Crippen LogP contribution is 2.20. The predicted molar refractivity (Wildman–Crippen MR) is 70.2 cm³/mol. The summed E-state index contributed by atoms with van der Waals surface area (Å²) in [5.74, 6) is 2.21. The summed E-state index contributed by atoms with van der Waals surface area (Å²) in [4.78, 5) is 6.90. The molecule has 0 radical (unpaired) electrons. The zero-order valence-electron chi connectivity index (χ0n) is 11.4. The highest BCUT2D eigenvalue weighted by molar-refractivity contribution is 4.91. The zero-order chi connectivity index (χ0) is 13.0. The third-order valence-electron chi connectivity index (χ3n) is 3.63. The van der Waals surface area contributed by atoms with Gasteiger partial charge in [0.05, 0.1) is 0 Å². The van der Waals surface area contributed by atoms with Gasteiger partial charge in [-0.2, -0.15) is 4.98 Å². The maximum atomic E-state index is 5.72. The zero-order valence-corrected chi connectivity index (χ0v) is 11.4. The summed E-state index contributed by atoms with van der Waals surface area (Å²) in [7, 11) is 0. The SMILES string of the molecule is CCN1CCC(Cc2nc(CC(C)N)no2)CC1. The molecule has 0 bridgehead atoms. The summed E-state index contributed by atoms with van der Waals surface area (Å²) in [6, 6.07) is 0.0863. The molecular formula is C13H24N4O. The quantitative estimate of drug-likeness (QED) is 0.853. The maximum absolute atomic E-state index is 5.72. The second-order valence-electron chi connectivity index (χ2n) is 5.37. The van der Waals surface area contributed by atoms with Crippen molar-refractivity contribution in [2.24, 2.45) is 11.7 Å². The van der Waals surface area contributed by atoms with Crippen LogP contribution in [0.25, 0.3) is 0 Å². The van der Waals surface area contributed by atoms with Gasteiger partial charge in [0, 0.05) is 18.9 Å². The molecule has 1 aliphatic heterocycles. The summed E-state index contributed by atoms with van der Waals surface area (Å²) in [6.07, 6.45) is 4.08. The summed E-state index contributed by atoms with van der Waals surface area (Å²) >= 11 is 0. The van der Waals surface area contributed by atoms with E-state index in [1.54, 1.807) is 0 Å². The molecule has 1 aromatic rings. The van der Waals surface area contributed by atoms with E-state index in [1.165, 1.54) is 25.9 Å². The Hall–Kier alpha value is -0.940. The topological polar surface area (TPSA) is 68.2 Å². The van der Waals surface area contributed by atoms with Gasteiger partial charge >= 0.3 is 0 Å². The van der Waals surface area contributed by atoms with Gasteiger partial charge in [0.2, 0.25) is 5.89 Å². The third-order valence-corrected chi connectivity index (χ3v) is 3.63. The smallest absolute Gasteiger partial charge is 0.226 e. The standard InChI is InChI=1S/C13H24N4O/c1-3-17-6-4-11(5-7-17)9-13-15-12(16-18-13)8-10(2)14/h10-11H,3-9,14H2,1-2H3. The number of piperidine rings is 1. The normalized spacial score (nSPS) is 20.2. The average molecular weight is 252 g/mol. The van der Waals surface area contributed by atoms with E-state index in [4.69, 9.17) is 10.3 Å². The van der Waals surface area contributed by atoms with Crippen molar-refractivity contribution < 1.29 is 4.52 Å².